The number of benzene rings is 2. The Bertz CT molecular complexity index is 1070. The highest BCUT2D eigenvalue weighted by Gasteiger charge is 2.16. The van der Waals surface area contributed by atoms with Crippen LogP contribution in [0.2, 0.25) is 0 Å². The summed E-state index contributed by atoms with van der Waals surface area (Å²) in [5.74, 6) is -3.60. The monoisotopic (exact) mass is 380 g/mol. The van der Waals surface area contributed by atoms with Crippen LogP contribution in [0.3, 0.4) is 0 Å². The molecule has 5 nitrogen and oxygen atoms in total. The molecule has 0 aliphatic rings. The van der Waals surface area contributed by atoms with E-state index in [2.05, 4.69) is 9.73 Å². The zero-order chi connectivity index (χ0) is 18.8. The van der Waals surface area contributed by atoms with Crippen molar-refractivity contribution in [2.45, 2.75) is 6.54 Å². The molecule has 0 bridgehead atoms. The molecule has 0 radical (unpaired) electrons. The van der Waals surface area contributed by atoms with E-state index in [-0.39, 0.29) is 20.6 Å². The largest absolute Gasteiger partial charge is 0.468 e. The molecule has 0 saturated carbocycles. The number of rotatable bonds is 3. The zero-order valence-electron chi connectivity index (χ0n) is 13.3. The van der Waals surface area contributed by atoms with E-state index >= 15 is 0 Å². The summed E-state index contributed by atoms with van der Waals surface area (Å²) in [4.78, 5) is 27.8. The lowest BCUT2D eigenvalue weighted by molar-refractivity contribution is -0.141. The first-order valence-corrected chi connectivity index (χ1v) is 8.10. The highest BCUT2D eigenvalue weighted by Crippen LogP contribution is 2.22. The molecule has 0 aliphatic heterocycles. The SMILES string of the molecule is COC(=O)Cn1c(=NC(=O)c2ccc(F)cc2)sc2cc(F)cc(F)c21. The van der Waals surface area contributed by atoms with Gasteiger partial charge < -0.3 is 9.30 Å². The van der Waals surface area contributed by atoms with Crippen molar-refractivity contribution in [2.75, 3.05) is 7.11 Å². The van der Waals surface area contributed by atoms with Gasteiger partial charge in [0.15, 0.2) is 10.6 Å². The van der Waals surface area contributed by atoms with Crippen molar-refractivity contribution >= 4 is 33.4 Å². The van der Waals surface area contributed by atoms with E-state index in [9.17, 15) is 22.8 Å². The van der Waals surface area contributed by atoms with Crippen LogP contribution >= 0.6 is 11.3 Å². The summed E-state index contributed by atoms with van der Waals surface area (Å²) in [5, 5.41) is 0. The Balaban J connectivity index is 2.18. The van der Waals surface area contributed by atoms with Crippen molar-refractivity contribution in [1.29, 1.82) is 0 Å². The van der Waals surface area contributed by atoms with E-state index in [4.69, 9.17) is 0 Å². The maximum Gasteiger partial charge on any atom is 0.325 e. The molecular formula is C17H11F3N2O3S. The molecular weight excluding hydrogens is 369 g/mol. The number of aromatic nitrogens is 1. The summed E-state index contributed by atoms with van der Waals surface area (Å²) in [5.41, 5.74) is 0.0487. The molecule has 0 saturated heterocycles. The lowest BCUT2D eigenvalue weighted by atomic mass is 10.2. The molecule has 1 heterocycles. The van der Waals surface area contributed by atoms with Gasteiger partial charge >= 0.3 is 5.97 Å². The molecule has 0 spiro atoms. The van der Waals surface area contributed by atoms with E-state index in [1.54, 1.807) is 0 Å². The lowest BCUT2D eigenvalue weighted by Crippen LogP contribution is -2.22. The Morgan fingerprint density at radius 2 is 1.81 bits per heavy atom. The van der Waals surface area contributed by atoms with E-state index in [0.29, 0.717) is 6.07 Å². The fraction of sp³-hybridized carbons (Fsp3) is 0.118. The van der Waals surface area contributed by atoms with Crippen LogP contribution in [0, 0.1) is 17.5 Å². The fourth-order valence-corrected chi connectivity index (χ4v) is 3.37. The molecule has 3 rings (SSSR count). The van der Waals surface area contributed by atoms with Gasteiger partial charge in [0.05, 0.1) is 17.3 Å². The molecule has 0 atom stereocenters. The van der Waals surface area contributed by atoms with Gasteiger partial charge in [0.1, 0.15) is 18.2 Å². The number of hydrogen-bond acceptors (Lipinski definition) is 4. The summed E-state index contributed by atoms with van der Waals surface area (Å²) >= 11 is 0.844. The predicted molar refractivity (Wildman–Crippen MR) is 88.0 cm³/mol. The van der Waals surface area contributed by atoms with E-state index < -0.39 is 35.9 Å². The van der Waals surface area contributed by atoms with Crippen molar-refractivity contribution in [2.24, 2.45) is 4.99 Å². The molecule has 134 valence electrons. The Hall–Kier alpha value is -2.94. The maximum absolute atomic E-state index is 14.2. The minimum Gasteiger partial charge on any atom is -0.468 e. The summed E-state index contributed by atoms with van der Waals surface area (Å²) < 4.78 is 46.5. The van der Waals surface area contributed by atoms with Crippen molar-refractivity contribution in [3.63, 3.8) is 0 Å². The van der Waals surface area contributed by atoms with Gasteiger partial charge in [-0.15, -0.1) is 0 Å². The molecule has 1 aromatic heterocycles. The topological polar surface area (TPSA) is 60.7 Å². The van der Waals surface area contributed by atoms with E-state index in [1.165, 1.54) is 12.1 Å². The number of nitrogens with zero attached hydrogens (tertiary/aromatic N) is 2. The van der Waals surface area contributed by atoms with Gasteiger partial charge in [0, 0.05) is 11.6 Å². The summed E-state index contributed by atoms with van der Waals surface area (Å²) in [6.07, 6.45) is 0. The third-order valence-electron chi connectivity index (χ3n) is 3.50. The van der Waals surface area contributed by atoms with E-state index in [0.717, 1.165) is 41.2 Å². The first-order chi connectivity index (χ1) is 12.4. The van der Waals surface area contributed by atoms with Crippen molar-refractivity contribution < 1.29 is 27.5 Å². The van der Waals surface area contributed by atoms with Crippen molar-refractivity contribution in [3.05, 3.63) is 64.2 Å². The summed E-state index contributed by atoms with van der Waals surface area (Å²) in [6, 6.07) is 6.46. The number of methoxy groups -OCH3 is 1. The van der Waals surface area contributed by atoms with Crippen LogP contribution in [-0.4, -0.2) is 23.6 Å². The quantitative estimate of drug-likeness (QED) is 0.657. The number of esters is 1. The van der Waals surface area contributed by atoms with Gasteiger partial charge in [-0.2, -0.15) is 4.99 Å². The van der Waals surface area contributed by atoms with Crippen LogP contribution in [0.15, 0.2) is 41.4 Å². The smallest absolute Gasteiger partial charge is 0.325 e. The second-order valence-electron chi connectivity index (χ2n) is 5.21. The predicted octanol–water partition coefficient (Wildman–Crippen LogP) is 3.03. The van der Waals surface area contributed by atoms with Crippen LogP contribution in [-0.2, 0) is 16.1 Å². The number of amides is 1. The first-order valence-electron chi connectivity index (χ1n) is 7.29. The van der Waals surface area contributed by atoms with Gasteiger partial charge in [-0.1, -0.05) is 11.3 Å². The second kappa shape index (κ2) is 7.12. The van der Waals surface area contributed by atoms with Gasteiger partial charge in [-0.3, -0.25) is 9.59 Å². The number of thiazole rings is 1. The number of ether oxygens (including phenoxy) is 1. The van der Waals surface area contributed by atoms with Crippen LogP contribution in [0.25, 0.3) is 10.2 Å². The van der Waals surface area contributed by atoms with Crippen molar-refractivity contribution in [3.8, 4) is 0 Å². The molecule has 26 heavy (non-hydrogen) atoms. The standard InChI is InChI=1S/C17H11F3N2O3S/c1-25-14(23)8-22-15-12(20)6-11(19)7-13(15)26-17(22)21-16(24)9-2-4-10(18)5-3-9/h2-7H,8H2,1H3. The Labute approximate surface area is 149 Å². The molecule has 2 aromatic carbocycles. The Kier molecular flexibility index (Phi) is 4.90. The van der Waals surface area contributed by atoms with Crippen LogP contribution in [0.4, 0.5) is 13.2 Å². The summed E-state index contributed by atoms with van der Waals surface area (Å²) in [6.45, 7) is -0.408. The number of carbonyl (C=O) groups is 2. The minimum atomic E-state index is -0.893. The van der Waals surface area contributed by atoms with E-state index in [1.807, 2.05) is 0 Å². The van der Waals surface area contributed by atoms with Crippen LogP contribution in [0.5, 0.6) is 0 Å². The third kappa shape index (κ3) is 3.52. The molecule has 0 aliphatic carbocycles. The second-order valence-corrected chi connectivity index (χ2v) is 6.21. The number of hydrogen-bond donors (Lipinski definition) is 0. The normalized spacial score (nSPS) is 11.8. The van der Waals surface area contributed by atoms with Gasteiger partial charge in [-0.05, 0) is 30.3 Å². The maximum atomic E-state index is 14.2. The number of carbonyl (C=O) groups excluding carboxylic acids is 2. The number of halogens is 3. The van der Waals surface area contributed by atoms with Crippen molar-refractivity contribution in [1.82, 2.24) is 4.57 Å². The first kappa shape index (κ1) is 17.9. The van der Waals surface area contributed by atoms with Gasteiger partial charge in [0.25, 0.3) is 5.91 Å². The Morgan fingerprint density at radius 1 is 1.12 bits per heavy atom. The summed E-state index contributed by atoms with van der Waals surface area (Å²) in [7, 11) is 1.16. The fourth-order valence-electron chi connectivity index (χ4n) is 2.30. The minimum absolute atomic E-state index is 0.00998. The lowest BCUT2D eigenvalue weighted by Gasteiger charge is -2.04. The van der Waals surface area contributed by atoms with Crippen LogP contribution < -0.4 is 4.80 Å². The molecule has 1 amide bonds. The third-order valence-corrected chi connectivity index (χ3v) is 4.52. The molecule has 0 N–H and O–H groups in total. The number of fused-ring (bicyclic) bond motifs is 1. The van der Waals surface area contributed by atoms with Crippen LogP contribution in [0.1, 0.15) is 10.4 Å². The molecule has 0 fully saturated rings. The van der Waals surface area contributed by atoms with Gasteiger partial charge in [-0.25, -0.2) is 13.2 Å². The average molecular weight is 380 g/mol. The molecule has 0 unspecified atom stereocenters. The average Bonchev–Trinajstić information content (AvgIpc) is 2.92. The highest BCUT2D eigenvalue weighted by molar-refractivity contribution is 7.16. The molecule has 3 aromatic rings. The zero-order valence-corrected chi connectivity index (χ0v) is 14.1. The van der Waals surface area contributed by atoms with Gasteiger partial charge in [0.2, 0.25) is 0 Å². The highest BCUT2D eigenvalue weighted by atomic mass is 32.1. The molecule has 9 heteroatoms. The Morgan fingerprint density at radius 3 is 2.46 bits per heavy atom.